The van der Waals surface area contributed by atoms with Crippen LogP contribution in [0.1, 0.15) is 0 Å². The van der Waals surface area contributed by atoms with Crippen LogP contribution >= 0.6 is 11.6 Å². The Hall–Kier alpha value is -0.660. The van der Waals surface area contributed by atoms with E-state index >= 15 is 0 Å². The van der Waals surface area contributed by atoms with Gasteiger partial charge in [-0.05, 0) is 12.1 Å². The third-order valence-corrected chi connectivity index (χ3v) is 4.32. The van der Waals surface area contributed by atoms with Crippen LogP contribution in [-0.4, -0.2) is 50.1 Å². The average molecular weight is 322 g/mol. The molecule has 0 spiro atoms. The number of hydrogen-bond acceptors (Lipinski definition) is 5. The summed E-state index contributed by atoms with van der Waals surface area (Å²) in [6, 6.07) is 5.09. The summed E-state index contributed by atoms with van der Waals surface area (Å²) >= 11 is 5.99. The first-order valence-corrected chi connectivity index (χ1v) is 7.93. The summed E-state index contributed by atoms with van der Waals surface area (Å²) in [6.45, 7) is 2.42. The molecule has 114 valence electrons. The minimum Gasteiger partial charge on any atom is -0.398 e. The molecule has 1 rings (SSSR count). The molecule has 5 nitrogen and oxygen atoms in total. The molecule has 2 N–H and O–H groups in total. The van der Waals surface area contributed by atoms with Crippen molar-refractivity contribution in [3.8, 4) is 0 Å². The highest BCUT2D eigenvalue weighted by molar-refractivity contribution is 7.85. The number of ether oxygens (including phenoxy) is 3. The molecule has 1 aromatic rings. The Bertz CT molecular complexity index is 411. The van der Waals surface area contributed by atoms with Crippen LogP contribution in [0.25, 0.3) is 0 Å². The molecule has 1 aromatic carbocycles. The van der Waals surface area contributed by atoms with Gasteiger partial charge in [0, 0.05) is 12.8 Å². The molecular weight excluding hydrogens is 302 g/mol. The lowest BCUT2D eigenvalue weighted by molar-refractivity contribution is 0.0285. The molecule has 0 saturated carbocycles. The number of methoxy groups -OCH3 is 1. The number of benzene rings is 1. The number of halogens is 1. The van der Waals surface area contributed by atoms with Crippen molar-refractivity contribution < 1.29 is 18.4 Å². The van der Waals surface area contributed by atoms with Crippen molar-refractivity contribution in [3.63, 3.8) is 0 Å². The van der Waals surface area contributed by atoms with Gasteiger partial charge in [-0.2, -0.15) is 0 Å². The molecule has 0 heterocycles. The van der Waals surface area contributed by atoms with Gasteiger partial charge < -0.3 is 19.9 Å². The summed E-state index contributed by atoms with van der Waals surface area (Å²) in [6.07, 6.45) is 0. The van der Waals surface area contributed by atoms with Gasteiger partial charge in [-0.15, -0.1) is 0 Å². The zero-order chi connectivity index (χ0) is 14.8. The monoisotopic (exact) mass is 321 g/mol. The maximum atomic E-state index is 12.1. The maximum absolute atomic E-state index is 12.1. The highest BCUT2D eigenvalue weighted by Crippen LogP contribution is 2.25. The minimum absolute atomic E-state index is 0.353. The lowest BCUT2D eigenvalue weighted by Crippen LogP contribution is -2.12. The Morgan fingerprint density at radius 1 is 1.15 bits per heavy atom. The van der Waals surface area contributed by atoms with E-state index < -0.39 is 10.8 Å². The van der Waals surface area contributed by atoms with Gasteiger partial charge in [-0.1, -0.05) is 17.7 Å². The van der Waals surface area contributed by atoms with E-state index in [0.717, 1.165) is 0 Å². The number of nitrogen functional groups attached to an aromatic ring is 1. The highest BCUT2D eigenvalue weighted by Gasteiger charge is 2.11. The molecule has 0 bridgehead atoms. The van der Waals surface area contributed by atoms with Crippen LogP contribution in [0.2, 0.25) is 5.02 Å². The van der Waals surface area contributed by atoms with E-state index in [4.69, 9.17) is 31.5 Å². The molecule has 0 fully saturated rings. The van der Waals surface area contributed by atoms with Crippen molar-refractivity contribution in [2.24, 2.45) is 0 Å². The summed E-state index contributed by atoms with van der Waals surface area (Å²) in [4.78, 5) is 0.481. The van der Waals surface area contributed by atoms with Crippen molar-refractivity contribution in [2.45, 2.75) is 4.90 Å². The van der Waals surface area contributed by atoms with Crippen molar-refractivity contribution in [1.82, 2.24) is 0 Å². The van der Waals surface area contributed by atoms with E-state index in [2.05, 4.69) is 0 Å². The Labute approximate surface area is 126 Å². The van der Waals surface area contributed by atoms with Crippen LogP contribution in [0.3, 0.4) is 0 Å². The molecule has 0 aliphatic rings. The number of rotatable bonds is 10. The molecule has 1 atom stereocenters. The van der Waals surface area contributed by atoms with E-state index in [1.807, 2.05) is 0 Å². The predicted octanol–water partition coefficient (Wildman–Crippen LogP) is 1.71. The molecular formula is C13H20ClNO4S. The summed E-state index contributed by atoms with van der Waals surface area (Å²) in [5, 5.41) is 0.422. The second-order valence-corrected chi connectivity index (χ2v) is 5.84. The maximum Gasteiger partial charge on any atom is 0.0804 e. The number of hydrogen-bond donors (Lipinski definition) is 1. The Kier molecular flexibility index (Phi) is 8.80. The molecule has 0 aliphatic heterocycles. The Morgan fingerprint density at radius 3 is 2.45 bits per heavy atom. The Balaban J connectivity index is 2.21. The predicted molar refractivity (Wildman–Crippen MR) is 80.7 cm³/mol. The Morgan fingerprint density at radius 2 is 1.80 bits per heavy atom. The molecule has 0 aliphatic carbocycles. The SMILES string of the molecule is COCCOCCOCCS(=O)c1c(N)cccc1Cl. The fourth-order valence-corrected chi connectivity index (χ4v) is 3.00. The second-order valence-electron chi connectivity index (χ2n) is 3.93. The summed E-state index contributed by atoms with van der Waals surface area (Å²) in [5.41, 5.74) is 6.21. The van der Waals surface area contributed by atoms with Gasteiger partial charge in [0.2, 0.25) is 0 Å². The fourth-order valence-electron chi connectivity index (χ4n) is 1.47. The van der Waals surface area contributed by atoms with Gasteiger partial charge in [0.25, 0.3) is 0 Å². The molecule has 0 aromatic heterocycles. The van der Waals surface area contributed by atoms with E-state index in [1.165, 1.54) is 0 Å². The first kappa shape index (κ1) is 17.4. The minimum atomic E-state index is -1.26. The van der Waals surface area contributed by atoms with Crippen LogP contribution < -0.4 is 5.73 Å². The highest BCUT2D eigenvalue weighted by atomic mass is 35.5. The number of anilines is 1. The van der Waals surface area contributed by atoms with Gasteiger partial charge in [-0.25, -0.2) is 0 Å². The lowest BCUT2D eigenvalue weighted by Gasteiger charge is -2.08. The van der Waals surface area contributed by atoms with Crippen molar-refractivity contribution in [2.75, 3.05) is 51.6 Å². The number of nitrogens with two attached hydrogens (primary N) is 1. The van der Waals surface area contributed by atoms with Gasteiger partial charge in [0.15, 0.2) is 0 Å². The zero-order valence-electron chi connectivity index (χ0n) is 11.5. The van der Waals surface area contributed by atoms with Gasteiger partial charge >= 0.3 is 0 Å². The first-order chi connectivity index (χ1) is 9.66. The topological polar surface area (TPSA) is 70.8 Å². The van der Waals surface area contributed by atoms with Crippen LogP contribution in [-0.2, 0) is 25.0 Å². The van der Waals surface area contributed by atoms with Gasteiger partial charge in [-0.3, -0.25) is 4.21 Å². The van der Waals surface area contributed by atoms with Crippen molar-refractivity contribution in [3.05, 3.63) is 23.2 Å². The molecule has 20 heavy (non-hydrogen) atoms. The normalized spacial score (nSPS) is 12.5. The average Bonchev–Trinajstić information content (AvgIpc) is 2.41. The van der Waals surface area contributed by atoms with Crippen LogP contribution in [0.5, 0.6) is 0 Å². The van der Waals surface area contributed by atoms with E-state index in [-0.39, 0.29) is 0 Å². The molecule has 0 amide bonds. The van der Waals surface area contributed by atoms with Gasteiger partial charge in [0.1, 0.15) is 0 Å². The van der Waals surface area contributed by atoms with Crippen LogP contribution in [0.15, 0.2) is 23.1 Å². The van der Waals surface area contributed by atoms with Crippen molar-refractivity contribution >= 4 is 28.1 Å². The summed E-state index contributed by atoms with van der Waals surface area (Å²) < 4.78 is 27.5. The molecule has 1 unspecified atom stereocenters. The van der Waals surface area contributed by atoms with E-state index in [9.17, 15) is 4.21 Å². The fraction of sp³-hybridized carbons (Fsp3) is 0.538. The summed E-state index contributed by atoms with van der Waals surface area (Å²) in [7, 11) is 0.361. The molecule has 0 radical (unpaired) electrons. The van der Waals surface area contributed by atoms with Crippen LogP contribution in [0, 0.1) is 0 Å². The van der Waals surface area contributed by atoms with Crippen molar-refractivity contribution in [1.29, 1.82) is 0 Å². The third kappa shape index (κ3) is 6.19. The third-order valence-electron chi connectivity index (χ3n) is 2.44. The lowest BCUT2D eigenvalue weighted by atomic mass is 10.3. The quantitative estimate of drug-likeness (QED) is 0.525. The smallest absolute Gasteiger partial charge is 0.0804 e. The standard InChI is InChI=1S/C13H20ClNO4S/c1-17-5-6-18-7-8-19-9-10-20(16)13-11(14)3-2-4-12(13)15/h2-4H,5-10,15H2,1H3. The second kappa shape index (κ2) is 10.1. The van der Waals surface area contributed by atoms with E-state index in [1.54, 1.807) is 25.3 Å². The zero-order valence-corrected chi connectivity index (χ0v) is 13.0. The van der Waals surface area contributed by atoms with Gasteiger partial charge in [0.05, 0.1) is 59.5 Å². The first-order valence-electron chi connectivity index (χ1n) is 6.23. The van der Waals surface area contributed by atoms with Crippen LogP contribution in [0.4, 0.5) is 5.69 Å². The van der Waals surface area contributed by atoms with E-state index in [0.29, 0.717) is 54.4 Å². The largest absolute Gasteiger partial charge is 0.398 e. The molecule has 7 heteroatoms. The summed E-state index contributed by atoms with van der Waals surface area (Å²) in [5.74, 6) is 0.353. The molecule has 0 saturated heterocycles.